The van der Waals surface area contributed by atoms with Crippen molar-refractivity contribution in [2.45, 2.75) is 76.6 Å². The minimum absolute atomic E-state index is 0.0234. The first-order valence-electron chi connectivity index (χ1n) is 12.1. The molecule has 1 amide bonds. The third kappa shape index (κ3) is 5.44. The number of aliphatic imine (C=N–C) groups is 1. The number of fused-ring (bicyclic) bond motifs is 1. The summed E-state index contributed by atoms with van der Waals surface area (Å²) in [4.78, 5) is 19.8. The maximum atomic E-state index is 13.2. The van der Waals surface area contributed by atoms with Gasteiger partial charge < -0.3 is 25.4 Å². The van der Waals surface area contributed by atoms with Crippen LogP contribution in [0, 0.1) is 11.8 Å². The van der Waals surface area contributed by atoms with Crippen LogP contribution >= 0.6 is 0 Å². The zero-order valence-corrected chi connectivity index (χ0v) is 19.8. The van der Waals surface area contributed by atoms with Crippen LogP contribution in [-0.4, -0.2) is 75.4 Å². The molecule has 2 heterocycles. The molecule has 1 saturated heterocycles. The van der Waals surface area contributed by atoms with E-state index in [-0.39, 0.29) is 41.5 Å². The number of rotatable bonds is 5. The summed E-state index contributed by atoms with van der Waals surface area (Å²) in [5.74, 6) is 0.829. The van der Waals surface area contributed by atoms with Crippen molar-refractivity contribution in [3.8, 4) is 11.5 Å². The molecule has 4 rings (SSSR count). The highest BCUT2D eigenvalue weighted by atomic mass is 16.5. The van der Waals surface area contributed by atoms with E-state index in [2.05, 4.69) is 15.2 Å². The van der Waals surface area contributed by atoms with Crippen LogP contribution in [-0.2, 0) is 9.53 Å². The third-order valence-electron chi connectivity index (χ3n) is 7.09. The van der Waals surface area contributed by atoms with Crippen molar-refractivity contribution in [2.24, 2.45) is 16.8 Å². The Labute approximate surface area is 195 Å². The Kier molecular flexibility index (Phi) is 6.86. The van der Waals surface area contributed by atoms with Crippen molar-refractivity contribution in [1.82, 2.24) is 10.2 Å². The van der Waals surface area contributed by atoms with Gasteiger partial charge in [0, 0.05) is 18.6 Å². The number of likely N-dealkylation sites (tertiary alicyclic amines) is 1. The summed E-state index contributed by atoms with van der Waals surface area (Å²) in [6.45, 7) is 7.28. The van der Waals surface area contributed by atoms with Crippen LogP contribution in [0.5, 0.6) is 11.5 Å². The fourth-order valence-electron chi connectivity index (χ4n) is 5.43. The molecule has 1 saturated carbocycles. The molecule has 3 aliphatic rings. The fourth-order valence-corrected chi connectivity index (χ4v) is 5.43. The number of nitrogens with one attached hydrogen (secondary N) is 1. The molecule has 1 aromatic rings. The highest BCUT2D eigenvalue weighted by molar-refractivity contribution is 5.98. The minimum Gasteiger partial charge on any atom is -0.504 e. The zero-order chi connectivity index (χ0) is 23.8. The highest BCUT2D eigenvalue weighted by Crippen LogP contribution is 2.39. The SMILES string of the molecule is CC(C)(C)NC(=O)C1CC2CCCCC2CN1CC(O)[C@@H]1COC(c2cccc(O)c2O)=N1. The smallest absolute Gasteiger partial charge is 0.237 e. The second-order valence-electron chi connectivity index (χ2n) is 10.8. The van der Waals surface area contributed by atoms with E-state index in [9.17, 15) is 20.1 Å². The van der Waals surface area contributed by atoms with Crippen LogP contribution < -0.4 is 5.32 Å². The first-order chi connectivity index (χ1) is 15.6. The van der Waals surface area contributed by atoms with Gasteiger partial charge in [0.25, 0.3) is 0 Å². The summed E-state index contributed by atoms with van der Waals surface area (Å²) in [6.07, 6.45) is 4.83. The molecule has 8 heteroatoms. The van der Waals surface area contributed by atoms with Gasteiger partial charge in [0.1, 0.15) is 12.6 Å². The number of aliphatic hydroxyl groups excluding tert-OH is 1. The fraction of sp³-hybridized carbons (Fsp3) is 0.680. The summed E-state index contributed by atoms with van der Waals surface area (Å²) in [5, 5.41) is 34.0. The van der Waals surface area contributed by atoms with Gasteiger partial charge in [-0.15, -0.1) is 0 Å². The number of para-hydroxylation sites is 1. The first kappa shape index (κ1) is 23.8. The van der Waals surface area contributed by atoms with Gasteiger partial charge in [0.05, 0.1) is 17.7 Å². The normalized spacial score (nSPS) is 29.0. The van der Waals surface area contributed by atoms with Crippen molar-refractivity contribution in [1.29, 1.82) is 0 Å². The third-order valence-corrected chi connectivity index (χ3v) is 7.09. The molecule has 0 spiro atoms. The molecule has 0 bridgehead atoms. The van der Waals surface area contributed by atoms with Crippen LogP contribution in [0.15, 0.2) is 23.2 Å². The molecule has 33 heavy (non-hydrogen) atoms. The second-order valence-corrected chi connectivity index (χ2v) is 10.8. The standard InChI is InChI=1S/C25H37N3O5/c1-25(2,3)27-23(32)19-11-15-7-4-5-8-16(15)12-28(19)13-21(30)18-14-33-24(26-18)17-9-6-10-20(29)22(17)31/h6,9-10,15-16,18-19,21,29-31H,4-5,7-8,11-14H2,1-3H3,(H,27,32)/t15?,16?,18-,19?,21?/m0/s1. The van der Waals surface area contributed by atoms with Crippen LogP contribution in [0.1, 0.15) is 58.4 Å². The van der Waals surface area contributed by atoms with Gasteiger partial charge in [-0.05, 0) is 57.6 Å². The molecular formula is C25H37N3O5. The summed E-state index contributed by atoms with van der Waals surface area (Å²) in [6, 6.07) is 3.84. The number of β-amino-alcohol motifs (C(OH)–C–C–N with tert-alkyl or cyclic N) is 1. The molecule has 4 unspecified atom stereocenters. The lowest BCUT2D eigenvalue weighted by molar-refractivity contribution is -0.132. The lowest BCUT2D eigenvalue weighted by Crippen LogP contribution is -2.59. The van der Waals surface area contributed by atoms with E-state index < -0.39 is 12.1 Å². The second kappa shape index (κ2) is 9.50. The molecular weight excluding hydrogens is 422 g/mol. The van der Waals surface area contributed by atoms with Crippen LogP contribution in [0.3, 0.4) is 0 Å². The minimum atomic E-state index is -0.813. The number of benzene rings is 1. The predicted octanol–water partition coefficient (Wildman–Crippen LogP) is 2.40. The number of hydrogen-bond donors (Lipinski definition) is 4. The molecule has 1 aromatic carbocycles. The van der Waals surface area contributed by atoms with E-state index in [1.165, 1.54) is 31.7 Å². The Hall–Kier alpha value is -2.32. The van der Waals surface area contributed by atoms with Crippen molar-refractivity contribution in [3.63, 3.8) is 0 Å². The Morgan fingerprint density at radius 1 is 1.24 bits per heavy atom. The predicted molar refractivity (Wildman–Crippen MR) is 125 cm³/mol. The monoisotopic (exact) mass is 459 g/mol. The lowest BCUT2D eigenvalue weighted by Gasteiger charge is -2.46. The molecule has 5 atom stereocenters. The molecule has 0 aromatic heterocycles. The summed E-state index contributed by atoms with van der Waals surface area (Å²) >= 11 is 0. The topological polar surface area (TPSA) is 115 Å². The largest absolute Gasteiger partial charge is 0.504 e. The quantitative estimate of drug-likeness (QED) is 0.503. The number of aliphatic hydroxyl groups is 1. The van der Waals surface area contributed by atoms with Gasteiger partial charge in [-0.25, -0.2) is 4.99 Å². The van der Waals surface area contributed by atoms with Crippen molar-refractivity contribution in [2.75, 3.05) is 19.7 Å². The molecule has 2 fully saturated rings. The number of hydrogen-bond acceptors (Lipinski definition) is 7. The number of nitrogens with zero attached hydrogens (tertiary/aromatic N) is 2. The van der Waals surface area contributed by atoms with E-state index in [1.54, 1.807) is 12.1 Å². The first-order valence-corrected chi connectivity index (χ1v) is 12.1. The van der Waals surface area contributed by atoms with E-state index in [0.29, 0.717) is 23.9 Å². The van der Waals surface area contributed by atoms with Crippen LogP contribution in [0.2, 0.25) is 0 Å². The zero-order valence-electron chi connectivity index (χ0n) is 19.8. The summed E-state index contributed by atoms with van der Waals surface area (Å²) < 4.78 is 5.64. The van der Waals surface area contributed by atoms with Crippen molar-refractivity contribution in [3.05, 3.63) is 23.8 Å². The average molecular weight is 460 g/mol. The number of carbonyl (C=O) groups is 1. The van der Waals surface area contributed by atoms with E-state index in [4.69, 9.17) is 4.74 Å². The molecule has 0 radical (unpaired) electrons. The number of carbonyl (C=O) groups excluding carboxylic acids is 1. The molecule has 182 valence electrons. The maximum Gasteiger partial charge on any atom is 0.237 e. The van der Waals surface area contributed by atoms with Gasteiger partial charge >= 0.3 is 0 Å². The Bertz CT molecular complexity index is 897. The summed E-state index contributed by atoms with van der Waals surface area (Å²) in [5.41, 5.74) is -0.0119. The van der Waals surface area contributed by atoms with Gasteiger partial charge in [-0.1, -0.05) is 25.3 Å². The van der Waals surface area contributed by atoms with Crippen molar-refractivity contribution < 1.29 is 24.9 Å². The van der Waals surface area contributed by atoms with Gasteiger partial charge in [-0.2, -0.15) is 0 Å². The number of phenolic OH excluding ortho intramolecular Hbond substituents is 2. The highest BCUT2D eigenvalue weighted by Gasteiger charge is 2.42. The molecule has 8 nitrogen and oxygen atoms in total. The van der Waals surface area contributed by atoms with Crippen LogP contribution in [0.4, 0.5) is 0 Å². The Balaban J connectivity index is 1.48. The number of piperidine rings is 1. The average Bonchev–Trinajstić information content (AvgIpc) is 3.24. The Morgan fingerprint density at radius 3 is 2.70 bits per heavy atom. The molecule has 2 aliphatic heterocycles. The Morgan fingerprint density at radius 2 is 1.97 bits per heavy atom. The number of amides is 1. The number of ether oxygens (including phenoxy) is 1. The van der Waals surface area contributed by atoms with Crippen LogP contribution in [0.25, 0.3) is 0 Å². The lowest BCUT2D eigenvalue weighted by atomic mass is 9.72. The summed E-state index contributed by atoms with van der Waals surface area (Å²) in [7, 11) is 0. The van der Waals surface area contributed by atoms with Gasteiger partial charge in [0.2, 0.25) is 11.8 Å². The molecule has 4 N–H and O–H groups in total. The van der Waals surface area contributed by atoms with E-state index >= 15 is 0 Å². The number of aromatic hydroxyl groups is 2. The van der Waals surface area contributed by atoms with E-state index in [1.807, 2.05) is 20.8 Å². The molecule has 1 aliphatic carbocycles. The number of phenols is 2. The van der Waals surface area contributed by atoms with E-state index in [0.717, 1.165) is 13.0 Å². The van der Waals surface area contributed by atoms with Gasteiger partial charge in [-0.3, -0.25) is 9.69 Å². The maximum absolute atomic E-state index is 13.2. The van der Waals surface area contributed by atoms with Crippen molar-refractivity contribution >= 4 is 11.8 Å². The van der Waals surface area contributed by atoms with Gasteiger partial charge in [0.15, 0.2) is 11.5 Å².